The highest BCUT2D eigenvalue weighted by molar-refractivity contribution is 6.30. The van der Waals surface area contributed by atoms with E-state index in [4.69, 9.17) is 11.6 Å². The van der Waals surface area contributed by atoms with E-state index in [9.17, 15) is 5.11 Å². The van der Waals surface area contributed by atoms with Crippen molar-refractivity contribution in [3.05, 3.63) is 28.7 Å². The minimum absolute atomic E-state index is 0.131. The molecule has 0 saturated carbocycles. The summed E-state index contributed by atoms with van der Waals surface area (Å²) in [6.07, 6.45) is 4.62. The molecule has 1 aliphatic heterocycles. The third-order valence-electron chi connectivity index (χ3n) is 2.76. The molecule has 2 rings (SSSR count). The first-order valence-electron chi connectivity index (χ1n) is 5.23. The molecule has 1 aliphatic rings. The van der Waals surface area contributed by atoms with Crippen LogP contribution in [0.2, 0.25) is 5.15 Å². The molecule has 0 atom stereocenters. The van der Waals surface area contributed by atoms with E-state index in [0.29, 0.717) is 10.7 Å². The molecule has 86 valence electrons. The summed E-state index contributed by atoms with van der Waals surface area (Å²) < 4.78 is 0. The lowest BCUT2D eigenvalue weighted by Gasteiger charge is -2.27. The highest BCUT2D eigenvalue weighted by Gasteiger charge is 2.17. The molecule has 0 aliphatic carbocycles. The Labute approximate surface area is 99.6 Å². The predicted octanol–water partition coefficient (Wildman–Crippen LogP) is 1.78. The third kappa shape index (κ3) is 2.18. The lowest BCUT2D eigenvalue weighted by Crippen LogP contribution is -2.30. The Balaban J connectivity index is 2.30. The summed E-state index contributed by atoms with van der Waals surface area (Å²) >= 11 is 5.92. The Morgan fingerprint density at radius 1 is 1.50 bits per heavy atom. The summed E-state index contributed by atoms with van der Waals surface area (Å²) in [4.78, 5) is 10.2. The zero-order valence-electron chi connectivity index (χ0n) is 9.15. The normalized spacial score (nSPS) is 16.2. The summed E-state index contributed by atoms with van der Waals surface area (Å²) in [5, 5.41) is 9.61. The highest BCUT2D eigenvalue weighted by Crippen LogP contribution is 2.25. The second-order valence-electron chi connectivity index (χ2n) is 3.87. The van der Waals surface area contributed by atoms with Gasteiger partial charge in [-0.25, -0.2) is 9.97 Å². The average molecular weight is 240 g/mol. The van der Waals surface area contributed by atoms with Gasteiger partial charge in [0.1, 0.15) is 17.3 Å². The molecule has 16 heavy (non-hydrogen) atoms. The van der Waals surface area contributed by atoms with Gasteiger partial charge in [0.2, 0.25) is 0 Å². The van der Waals surface area contributed by atoms with Crippen LogP contribution >= 0.6 is 11.6 Å². The zero-order chi connectivity index (χ0) is 11.5. The first kappa shape index (κ1) is 11.4. The van der Waals surface area contributed by atoms with Crippen molar-refractivity contribution in [2.24, 2.45) is 0 Å². The second kappa shape index (κ2) is 4.80. The van der Waals surface area contributed by atoms with E-state index in [0.717, 1.165) is 25.3 Å². The van der Waals surface area contributed by atoms with Gasteiger partial charge in [-0.2, -0.15) is 0 Å². The Kier molecular flexibility index (Phi) is 3.41. The van der Waals surface area contributed by atoms with Crippen molar-refractivity contribution >= 4 is 17.4 Å². The van der Waals surface area contributed by atoms with E-state index in [2.05, 4.69) is 27.9 Å². The van der Waals surface area contributed by atoms with Crippen LogP contribution < -0.4 is 4.90 Å². The van der Waals surface area contributed by atoms with Gasteiger partial charge in [-0.05, 0) is 13.3 Å². The van der Waals surface area contributed by atoms with Gasteiger partial charge < -0.3 is 10.0 Å². The van der Waals surface area contributed by atoms with Gasteiger partial charge in [0.05, 0.1) is 12.2 Å². The van der Waals surface area contributed by atoms with Gasteiger partial charge >= 0.3 is 0 Å². The van der Waals surface area contributed by atoms with Crippen molar-refractivity contribution in [2.75, 3.05) is 18.0 Å². The monoisotopic (exact) mass is 239 g/mol. The Hall–Kier alpha value is -1.13. The fourth-order valence-corrected chi connectivity index (χ4v) is 1.94. The molecule has 0 saturated heterocycles. The summed E-state index contributed by atoms with van der Waals surface area (Å²) in [5.74, 6) is 0.742. The largest absolute Gasteiger partial charge is 0.391 e. The summed E-state index contributed by atoms with van der Waals surface area (Å²) in [6.45, 7) is 3.71. The third-order valence-corrected chi connectivity index (χ3v) is 3.09. The van der Waals surface area contributed by atoms with Crippen LogP contribution in [-0.4, -0.2) is 28.2 Å². The molecule has 2 heterocycles. The molecule has 0 radical (unpaired) electrons. The Morgan fingerprint density at radius 3 is 2.94 bits per heavy atom. The molecule has 0 bridgehead atoms. The molecule has 0 spiro atoms. The number of hydrogen-bond donors (Lipinski definition) is 1. The van der Waals surface area contributed by atoms with E-state index in [1.807, 2.05) is 0 Å². The van der Waals surface area contributed by atoms with Crippen molar-refractivity contribution in [1.29, 1.82) is 0 Å². The quantitative estimate of drug-likeness (QED) is 0.631. The molecule has 0 aromatic carbocycles. The molecular weight excluding hydrogens is 226 g/mol. The van der Waals surface area contributed by atoms with E-state index >= 15 is 0 Å². The van der Waals surface area contributed by atoms with Crippen LogP contribution in [0.4, 0.5) is 5.82 Å². The van der Waals surface area contributed by atoms with Gasteiger partial charge in [-0.15, -0.1) is 0 Å². The first-order valence-corrected chi connectivity index (χ1v) is 5.61. The van der Waals surface area contributed by atoms with E-state index in [-0.39, 0.29) is 6.61 Å². The van der Waals surface area contributed by atoms with Crippen molar-refractivity contribution < 1.29 is 5.11 Å². The van der Waals surface area contributed by atoms with E-state index < -0.39 is 0 Å². The standard InChI is InChI=1S/C11H14ClN3O/c1-8-2-4-15(5-3-8)11-9(6-16)10(12)13-7-14-11/h2,7,16H,3-6H2,1H3. The second-order valence-corrected chi connectivity index (χ2v) is 4.23. The summed E-state index contributed by atoms with van der Waals surface area (Å²) in [7, 11) is 0. The van der Waals surface area contributed by atoms with E-state index in [1.54, 1.807) is 0 Å². The van der Waals surface area contributed by atoms with Crippen LogP contribution in [0.3, 0.4) is 0 Å². The molecule has 0 fully saturated rings. The van der Waals surface area contributed by atoms with Crippen LogP contribution in [0.1, 0.15) is 18.9 Å². The van der Waals surface area contributed by atoms with Crippen LogP contribution in [0.15, 0.2) is 18.0 Å². The molecule has 0 amide bonds. The maximum atomic E-state index is 9.28. The topological polar surface area (TPSA) is 49.2 Å². The summed E-state index contributed by atoms with van der Waals surface area (Å²) in [5.41, 5.74) is 2.00. The molecular formula is C11H14ClN3O. The lowest BCUT2D eigenvalue weighted by atomic mass is 10.1. The van der Waals surface area contributed by atoms with Gasteiger partial charge in [0.25, 0.3) is 0 Å². The molecule has 0 unspecified atom stereocenters. The fraction of sp³-hybridized carbons (Fsp3) is 0.455. The number of aliphatic hydroxyl groups excluding tert-OH is 1. The van der Waals surface area contributed by atoms with E-state index in [1.165, 1.54) is 11.9 Å². The Morgan fingerprint density at radius 2 is 2.31 bits per heavy atom. The van der Waals surface area contributed by atoms with Crippen LogP contribution in [0, 0.1) is 0 Å². The number of aromatic nitrogens is 2. The minimum Gasteiger partial charge on any atom is -0.391 e. The number of hydrogen-bond acceptors (Lipinski definition) is 4. The van der Waals surface area contributed by atoms with Gasteiger partial charge in [0.15, 0.2) is 0 Å². The zero-order valence-corrected chi connectivity index (χ0v) is 9.91. The predicted molar refractivity (Wildman–Crippen MR) is 63.6 cm³/mol. The minimum atomic E-state index is -0.131. The highest BCUT2D eigenvalue weighted by atomic mass is 35.5. The number of aliphatic hydroxyl groups is 1. The number of nitrogens with zero attached hydrogens (tertiary/aromatic N) is 3. The smallest absolute Gasteiger partial charge is 0.140 e. The van der Waals surface area contributed by atoms with Crippen LogP contribution in [0.5, 0.6) is 0 Å². The van der Waals surface area contributed by atoms with Crippen molar-refractivity contribution in [3.63, 3.8) is 0 Å². The summed E-state index contributed by atoms with van der Waals surface area (Å²) in [6, 6.07) is 0. The molecule has 1 aromatic rings. The van der Waals surface area contributed by atoms with Crippen molar-refractivity contribution in [1.82, 2.24) is 9.97 Å². The molecule has 4 nitrogen and oxygen atoms in total. The maximum Gasteiger partial charge on any atom is 0.140 e. The number of halogens is 1. The Bertz CT molecular complexity index is 420. The van der Waals surface area contributed by atoms with Gasteiger partial charge in [-0.1, -0.05) is 23.3 Å². The lowest BCUT2D eigenvalue weighted by molar-refractivity contribution is 0.281. The molecule has 1 aromatic heterocycles. The van der Waals surface area contributed by atoms with Gasteiger partial charge in [-0.3, -0.25) is 0 Å². The van der Waals surface area contributed by atoms with Gasteiger partial charge in [0, 0.05) is 13.1 Å². The fourth-order valence-electron chi connectivity index (χ4n) is 1.75. The average Bonchev–Trinajstić information content (AvgIpc) is 2.30. The van der Waals surface area contributed by atoms with Crippen LogP contribution in [0.25, 0.3) is 0 Å². The number of rotatable bonds is 2. The number of anilines is 1. The molecule has 5 heteroatoms. The SMILES string of the molecule is CC1=CCN(c2ncnc(Cl)c2CO)CC1. The first-order chi connectivity index (χ1) is 7.72. The molecule has 1 N–H and O–H groups in total. The maximum absolute atomic E-state index is 9.28. The van der Waals surface area contributed by atoms with Crippen molar-refractivity contribution in [2.45, 2.75) is 20.0 Å². The van der Waals surface area contributed by atoms with Crippen LogP contribution in [-0.2, 0) is 6.61 Å². The van der Waals surface area contributed by atoms with Crippen molar-refractivity contribution in [3.8, 4) is 0 Å².